The van der Waals surface area contributed by atoms with E-state index in [2.05, 4.69) is 21.9 Å². The molecule has 5 fully saturated rings. The molecule has 2 aromatic rings. The highest BCUT2D eigenvalue weighted by Gasteiger charge is 2.59. The van der Waals surface area contributed by atoms with Gasteiger partial charge in [-0.05, 0) is 67.9 Å². The van der Waals surface area contributed by atoms with E-state index in [9.17, 15) is 14.7 Å². The second-order valence-electron chi connectivity index (χ2n) is 11.1. The fourth-order valence-electron chi connectivity index (χ4n) is 8.00. The molecule has 0 spiro atoms. The number of rotatable bonds is 5. The maximum Gasteiger partial charge on any atom is 0.303 e. The molecule has 0 amide bonds. The quantitative estimate of drug-likeness (QED) is 0.694. The fourth-order valence-corrected chi connectivity index (χ4v) is 8.25. The lowest BCUT2D eigenvalue weighted by Crippen LogP contribution is -2.59. The van der Waals surface area contributed by atoms with Gasteiger partial charge in [-0.2, -0.15) is 5.10 Å². The van der Waals surface area contributed by atoms with Gasteiger partial charge >= 0.3 is 5.97 Å². The van der Waals surface area contributed by atoms with Crippen LogP contribution < -0.4 is 15.4 Å². The Labute approximate surface area is 204 Å². The Morgan fingerprint density at radius 1 is 1.03 bits per heavy atom. The predicted octanol–water partition coefficient (Wildman–Crippen LogP) is 3.99. The lowest BCUT2D eigenvalue weighted by molar-refractivity contribution is -0.151. The summed E-state index contributed by atoms with van der Waals surface area (Å²) in [7, 11) is 0. The minimum absolute atomic E-state index is 0.189. The van der Waals surface area contributed by atoms with E-state index in [1.165, 1.54) is 5.69 Å². The van der Waals surface area contributed by atoms with Crippen LogP contribution in [-0.2, 0) is 10.3 Å². The van der Waals surface area contributed by atoms with Gasteiger partial charge in [0.25, 0.3) is 5.56 Å². The van der Waals surface area contributed by atoms with E-state index >= 15 is 0 Å². The molecule has 7 nitrogen and oxygen atoms in total. The Bertz CT molecular complexity index is 1140. The lowest BCUT2D eigenvalue weighted by Gasteiger charge is -2.61. The molecule has 2 heterocycles. The van der Waals surface area contributed by atoms with Crippen LogP contribution in [0, 0.1) is 17.3 Å². The number of aliphatic carboxylic acids is 1. The smallest absolute Gasteiger partial charge is 0.303 e. The van der Waals surface area contributed by atoms with Crippen LogP contribution in [0.15, 0.2) is 41.3 Å². The SMILES string of the molecule is O=C(O)CC12C[C@H]3C[C@@H](C1)CC(n1ncc(N4CCN(c5ccccc5)CC4)c(Cl)c1=O)(C3)C2. The summed E-state index contributed by atoms with van der Waals surface area (Å²) in [5, 5.41) is 14.5. The van der Waals surface area contributed by atoms with Gasteiger partial charge in [0, 0.05) is 31.9 Å². The lowest BCUT2D eigenvalue weighted by atomic mass is 9.46. The molecule has 1 aromatic carbocycles. The first-order valence-corrected chi connectivity index (χ1v) is 12.8. The standard InChI is InChI=1S/C26H31ClN4O3/c27-23-21(30-8-6-29(7-9-30)20-4-2-1-3-5-20)16-28-31(24(23)34)26-13-18-10-19(14-26)12-25(11-18,17-26)15-22(32)33/h1-5,16,18-19H,6-15,17H2,(H,32,33)/t18-,19+,25?,26?. The first kappa shape index (κ1) is 22.0. The molecule has 5 aliphatic rings. The summed E-state index contributed by atoms with van der Waals surface area (Å²) in [6.45, 7) is 3.26. The summed E-state index contributed by atoms with van der Waals surface area (Å²) in [6, 6.07) is 10.4. The average molecular weight is 483 g/mol. The molecule has 7 rings (SSSR count). The minimum atomic E-state index is -0.736. The van der Waals surface area contributed by atoms with Gasteiger partial charge in [0.05, 0.1) is 23.8 Å². The van der Waals surface area contributed by atoms with Crippen LogP contribution in [0.25, 0.3) is 0 Å². The number of halogens is 1. The van der Waals surface area contributed by atoms with Gasteiger partial charge in [-0.3, -0.25) is 9.59 Å². The molecule has 1 aliphatic heterocycles. The van der Waals surface area contributed by atoms with Crippen molar-refractivity contribution in [2.24, 2.45) is 17.3 Å². The summed E-state index contributed by atoms with van der Waals surface area (Å²) in [5.41, 5.74) is 1.08. The van der Waals surface area contributed by atoms with E-state index in [-0.39, 0.29) is 22.4 Å². The highest BCUT2D eigenvalue weighted by molar-refractivity contribution is 6.33. The average Bonchev–Trinajstić information content (AvgIpc) is 2.80. The Morgan fingerprint density at radius 3 is 2.32 bits per heavy atom. The van der Waals surface area contributed by atoms with E-state index in [0.717, 1.165) is 64.7 Å². The monoisotopic (exact) mass is 482 g/mol. The van der Waals surface area contributed by atoms with Crippen LogP contribution >= 0.6 is 11.6 Å². The van der Waals surface area contributed by atoms with Crippen molar-refractivity contribution < 1.29 is 9.90 Å². The third-order valence-electron chi connectivity index (χ3n) is 8.77. The number of anilines is 2. The minimum Gasteiger partial charge on any atom is -0.481 e. The van der Waals surface area contributed by atoms with Gasteiger partial charge in [0.15, 0.2) is 0 Å². The zero-order chi connectivity index (χ0) is 23.5. The third-order valence-corrected chi connectivity index (χ3v) is 9.12. The van der Waals surface area contributed by atoms with Crippen molar-refractivity contribution in [2.75, 3.05) is 36.0 Å². The molecular weight excluding hydrogens is 452 g/mol. The van der Waals surface area contributed by atoms with Crippen LogP contribution in [0.4, 0.5) is 11.4 Å². The molecule has 1 saturated heterocycles. The number of para-hydroxylation sites is 1. The molecule has 4 saturated carbocycles. The second kappa shape index (κ2) is 8.01. The topological polar surface area (TPSA) is 78.7 Å². The largest absolute Gasteiger partial charge is 0.481 e. The van der Waals surface area contributed by atoms with Crippen LogP contribution in [0.3, 0.4) is 0 Å². The Hall–Kier alpha value is -2.54. The van der Waals surface area contributed by atoms with E-state index in [1.807, 2.05) is 18.2 Å². The molecule has 34 heavy (non-hydrogen) atoms. The van der Waals surface area contributed by atoms with Crippen molar-refractivity contribution in [3.63, 3.8) is 0 Å². The fraction of sp³-hybridized carbons (Fsp3) is 0.577. The number of piperazine rings is 1. The summed E-state index contributed by atoms with van der Waals surface area (Å²) >= 11 is 6.72. The van der Waals surface area contributed by atoms with Crippen LogP contribution in [-0.4, -0.2) is 47.0 Å². The molecule has 8 heteroatoms. The van der Waals surface area contributed by atoms with Crippen molar-refractivity contribution in [3.05, 3.63) is 51.9 Å². The first-order valence-electron chi connectivity index (χ1n) is 12.4. The first-order chi connectivity index (χ1) is 16.4. The van der Waals surface area contributed by atoms with Crippen molar-refractivity contribution >= 4 is 28.9 Å². The molecule has 1 N–H and O–H groups in total. The maximum atomic E-state index is 13.6. The number of carboxylic acids is 1. The Kier molecular flexibility index (Phi) is 5.17. The van der Waals surface area contributed by atoms with Crippen LogP contribution in [0.2, 0.25) is 5.02 Å². The van der Waals surface area contributed by atoms with Gasteiger partial charge in [0.1, 0.15) is 5.02 Å². The summed E-state index contributed by atoms with van der Waals surface area (Å²) in [4.78, 5) is 29.7. The highest BCUT2D eigenvalue weighted by Crippen LogP contribution is 2.65. The number of hydrogen-bond acceptors (Lipinski definition) is 5. The zero-order valence-corrected chi connectivity index (χ0v) is 20.1. The van der Waals surface area contributed by atoms with Crippen molar-refractivity contribution in [3.8, 4) is 0 Å². The molecule has 4 aliphatic carbocycles. The number of aromatic nitrogens is 2. The van der Waals surface area contributed by atoms with Gasteiger partial charge in [0.2, 0.25) is 0 Å². The summed E-state index contributed by atoms with van der Waals surface area (Å²) in [5.74, 6) is 0.207. The van der Waals surface area contributed by atoms with Gasteiger partial charge in [-0.25, -0.2) is 4.68 Å². The molecule has 0 radical (unpaired) electrons. The van der Waals surface area contributed by atoms with Gasteiger partial charge in [-0.1, -0.05) is 29.8 Å². The normalized spacial score (nSPS) is 32.3. The van der Waals surface area contributed by atoms with Crippen LogP contribution in [0.5, 0.6) is 0 Å². The van der Waals surface area contributed by atoms with Crippen molar-refractivity contribution in [2.45, 2.75) is 50.5 Å². The van der Waals surface area contributed by atoms with E-state index < -0.39 is 11.5 Å². The summed E-state index contributed by atoms with van der Waals surface area (Å²) < 4.78 is 1.65. The van der Waals surface area contributed by atoms with Crippen LogP contribution in [0.1, 0.15) is 44.9 Å². The predicted molar refractivity (Wildman–Crippen MR) is 132 cm³/mol. The zero-order valence-electron chi connectivity index (χ0n) is 19.3. The molecule has 2 unspecified atom stereocenters. The molecule has 4 bridgehead atoms. The second-order valence-corrected chi connectivity index (χ2v) is 11.5. The van der Waals surface area contributed by atoms with E-state index in [0.29, 0.717) is 17.5 Å². The number of hydrogen-bond donors (Lipinski definition) is 1. The van der Waals surface area contributed by atoms with Gasteiger partial charge < -0.3 is 14.9 Å². The number of carbonyl (C=O) groups is 1. The van der Waals surface area contributed by atoms with Crippen molar-refractivity contribution in [1.29, 1.82) is 0 Å². The van der Waals surface area contributed by atoms with E-state index in [1.54, 1.807) is 10.9 Å². The third kappa shape index (κ3) is 3.60. The molecule has 4 atom stereocenters. The Morgan fingerprint density at radius 2 is 1.68 bits per heavy atom. The maximum absolute atomic E-state index is 13.6. The number of carboxylic acid groups (broad SMARTS) is 1. The van der Waals surface area contributed by atoms with Gasteiger partial charge in [-0.15, -0.1) is 0 Å². The highest BCUT2D eigenvalue weighted by atomic mass is 35.5. The number of benzene rings is 1. The van der Waals surface area contributed by atoms with Crippen molar-refractivity contribution in [1.82, 2.24) is 9.78 Å². The number of nitrogens with zero attached hydrogens (tertiary/aromatic N) is 4. The molecule has 180 valence electrons. The summed E-state index contributed by atoms with van der Waals surface area (Å²) in [6.07, 6.45) is 7.56. The van der Waals surface area contributed by atoms with E-state index in [4.69, 9.17) is 16.7 Å². The molecular formula is C26H31ClN4O3. The molecule has 1 aromatic heterocycles. The Balaban J connectivity index is 1.26.